The van der Waals surface area contributed by atoms with E-state index in [4.69, 9.17) is 0 Å². The minimum Gasteiger partial charge on any atom is -0.309 e. The molecule has 3 nitrogen and oxygen atoms in total. The highest BCUT2D eigenvalue weighted by Crippen LogP contribution is 2.31. The van der Waals surface area contributed by atoms with E-state index in [1.54, 1.807) is 0 Å². The van der Waals surface area contributed by atoms with Gasteiger partial charge in [-0.25, -0.2) is 0 Å². The van der Waals surface area contributed by atoms with Gasteiger partial charge in [-0.15, -0.1) is 0 Å². The summed E-state index contributed by atoms with van der Waals surface area (Å²) < 4.78 is 0. The molecule has 1 fully saturated rings. The predicted molar refractivity (Wildman–Crippen MR) is 61.9 cm³/mol. The monoisotopic (exact) mass is 207 g/mol. The Morgan fingerprint density at radius 1 is 1.33 bits per heavy atom. The number of piperidine rings is 1. The average Bonchev–Trinajstić information content (AvgIpc) is 2.67. The first-order chi connectivity index (χ1) is 7.09. The van der Waals surface area contributed by atoms with Crippen molar-refractivity contribution in [3.8, 4) is 0 Å². The Bertz CT molecular complexity index is 316. The molecule has 1 unspecified atom stereocenters. The molecule has 2 heterocycles. The highest BCUT2D eigenvalue weighted by Gasteiger charge is 2.25. The van der Waals surface area contributed by atoms with Gasteiger partial charge in [0.05, 0.1) is 11.9 Å². The van der Waals surface area contributed by atoms with E-state index in [-0.39, 0.29) is 5.41 Å². The Morgan fingerprint density at radius 2 is 2.13 bits per heavy atom. The van der Waals surface area contributed by atoms with Crippen molar-refractivity contribution in [2.24, 2.45) is 0 Å². The molecule has 1 aliphatic heterocycles. The van der Waals surface area contributed by atoms with E-state index in [2.05, 4.69) is 36.3 Å². The van der Waals surface area contributed by atoms with Crippen molar-refractivity contribution in [3.63, 3.8) is 0 Å². The van der Waals surface area contributed by atoms with Crippen LogP contribution in [0, 0.1) is 0 Å². The lowest BCUT2D eigenvalue weighted by molar-refractivity contribution is 0.398. The topological polar surface area (TPSA) is 40.7 Å². The van der Waals surface area contributed by atoms with Crippen molar-refractivity contribution in [1.29, 1.82) is 0 Å². The number of H-pyrrole nitrogens is 1. The molecule has 0 amide bonds. The first-order valence-electron chi connectivity index (χ1n) is 5.86. The van der Waals surface area contributed by atoms with Crippen molar-refractivity contribution < 1.29 is 0 Å². The molecule has 0 saturated carbocycles. The zero-order valence-electron chi connectivity index (χ0n) is 9.93. The van der Waals surface area contributed by atoms with Crippen LogP contribution in [0.1, 0.15) is 57.3 Å². The second-order valence-corrected chi connectivity index (χ2v) is 5.45. The van der Waals surface area contributed by atoms with E-state index in [0.29, 0.717) is 6.04 Å². The Balaban J connectivity index is 2.24. The van der Waals surface area contributed by atoms with Gasteiger partial charge in [0.15, 0.2) is 0 Å². The number of aromatic nitrogens is 2. The molecule has 1 aliphatic rings. The summed E-state index contributed by atoms with van der Waals surface area (Å²) >= 11 is 0. The largest absolute Gasteiger partial charge is 0.309 e. The highest BCUT2D eigenvalue weighted by molar-refractivity contribution is 5.27. The van der Waals surface area contributed by atoms with Crippen LogP contribution in [-0.4, -0.2) is 16.7 Å². The fourth-order valence-electron chi connectivity index (χ4n) is 2.26. The third-order valence-electron chi connectivity index (χ3n) is 3.14. The third kappa shape index (κ3) is 2.23. The van der Waals surface area contributed by atoms with Gasteiger partial charge in [-0.1, -0.05) is 27.2 Å². The molecule has 1 atom stereocenters. The van der Waals surface area contributed by atoms with Crippen LogP contribution >= 0.6 is 0 Å². The van der Waals surface area contributed by atoms with Crippen LogP contribution in [0.15, 0.2) is 6.20 Å². The summed E-state index contributed by atoms with van der Waals surface area (Å²) in [5, 5.41) is 10.9. The fraction of sp³-hybridized carbons (Fsp3) is 0.750. The number of aromatic amines is 1. The van der Waals surface area contributed by atoms with Gasteiger partial charge in [0.2, 0.25) is 0 Å². The molecular formula is C12H21N3. The van der Waals surface area contributed by atoms with E-state index in [1.807, 2.05) is 6.20 Å². The quantitative estimate of drug-likeness (QED) is 0.743. The summed E-state index contributed by atoms with van der Waals surface area (Å²) in [6.45, 7) is 7.85. The standard InChI is InChI=1S/C12H21N3/c1-12(2,3)9-8-14-15-11(9)10-6-4-5-7-13-10/h8,10,13H,4-7H2,1-3H3,(H,14,15). The maximum Gasteiger partial charge on any atom is 0.0558 e. The summed E-state index contributed by atoms with van der Waals surface area (Å²) in [6.07, 6.45) is 5.83. The van der Waals surface area contributed by atoms with Crippen molar-refractivity contribution >= 4 is 0 Å². The van der Waals surface area contributed by atoms with Gasteiger partial charge in [-0.2, -0.15) is 5.10 Å². The SMILES string of the molecule is CC(C)(C)c1cn[nH]c1C1CCCCN1. The zero-order chi connectivity index (χ0) is 10.9. The van der Waals surface area contributed by atoms with Crippen LogP contribution in [0.3, 0.4) is 0 Å². The molecule has 2 N–H and O–H groups in total. The van der Waals surface area contributed by atoms with Gasteiger partial charge in [0.1, 0.15) is 0 Å². The van der Waals surface area contributed by atoms with Gasteiger partial charge >= 0.3 is 0 Å². The van der Waals surface area contributed by atoms with E-state index in [0.717, 1.165) is 6.54 Å². The van der Waals surface area contributed by atoms with Crippen LogP contribution in [0.2, 0.25) is 0 Å². The van der Waals surface area contributed by atoms with Gasteiger partial charge in [-0.3, -0.25) is 5.10 Å². The lowest BCUT2D eigenvalue weighted by atomic mass is 9.84. The number of hydrogen-bond donors (Lipinski definition) is 2. The molecule has 0 aromatic carbocycles. The lowest BCUT2D eigenvalue weighted by Crippen LogP contribution is -2.29. The number of nitrogens with zero attached hydrogens (tertiary/aromatic N) is 1. The first-order valence-corrected chi connectivity index (χ1v) is 5.86. The van der Waals surface area contributed by atoms with Gasteiger partial charge < -0.3 is 5.32 Å². The molecule has 0 aliphatic carbocycles. The average molecular weight is 207 g/mol. The maximum atomic E-state index is 4.20. The molecule has 1 aromatic heterocycles. The van der Waals surface area contributed by atoms with Crippen LogP contribution < -0.4 is 5.32 Å². The van der Waals surface area contributed by atoms with Crippen molar-refractivity contribution in [2.45, 2.75) is 51.5 Å². The Labute approximate surface area is 91.7 Å². The Morgan fingerprint density at radius 3 is 2.73 bits per heavy atom. The second-order valence-electron chi connectivity index (χ2n) is 5.45. The first kappa shape index (κ1) is 10.7. The molecule has 0 bridgehead atoms. The van der Waals surface area contributed by atoms with Crippen molar-refractivity contribution in [3.05, 3.63) is 17.5 Å². The summed E-state index contributed by atoms with van der Waals surface area (Å²) in [7, 11) is 0. The molecule has 3 heteroatoms. The van der Waals surface area contributed by atoms with Crippen LogP contribution in [0.4, 0.5) is 0 Å². The van der Waals surface area contributed by atoms with E-state index >= 15 is 0 Å². The molecule has 1 saturated heterocycles. The third-order valence-corrected chi connectivity index (χ3v) is 3.14. The van der Waals surface area contributed by atoms with Gasteiger partial charge in [0.25, 0.3) is 0 Å². The maximum absolute atomic E-state index is 4.20. The normalized spacial score (nSPS) is 23.0. The van der Waals surface area contributed by atoms with E-state index in [9.17, 15) is 0 Å². The number of hydrogen-bond acceptors (Lipinski definition) is 2. The number of rotatable bonds is 1. The van der Waals surface area contributed by atoms with Crippen molar-refractivity contribution in [1.82, 2.24) is 15.5 Å². The smallest absolute Gasteiger partial charge is 0.0558 e. The molecule has 0 radical (unpaired) electrons. The van der Waals surface area contributed by atoms with Crippen LogP contribution in [-0.2, 0) is 5.41 Å². The van der Waals surface area contributed by atoms with Gasteiger partial charge in [-0.05, 0) is 30.4 Å². The zero-order valence-corrected chi connectivity index (χ0v) is 9.93. The molecule has 84 valence electrons. The minimum absolute atomic E-state index is 0.182. The molecule has 2 rings (SSSR count). The Hall–Kier alpha value is -0.830. The summed E-state index contributed by atoms with van der Waals surface area (Å²) in [4.78, 5) is 0. The van der Waals surface area contributed by atoms with Crippen LogP contribution in [0.25, 0.3) is 0 Å². The second kappa shape index (κ2) is 3.97. The lowest BCUT2D eigenvalue weighted by Gasteiger charge is -2.27. The minimum atomic E-state index is 0.182. The summed E-state index contributed by atoms with van der Waals surface area (Å²) in [5.41, 5.74) is 2.82. The molecule has 0 spiro atoms. The molecular weight excluding hydrogens is 186 g/mol. The molecule has 1 aromatic rings. The highest BCUT2D eigenvalue weighted by atomic mass is 15.1. The van der Waals surface area contributed by atoms with Crippen LogP contribution in [0.5, 0.6) is 0 Å². The predicted octanol–water partition coefficient (Wildman–Crippen LogP) is 2.52. The molecule has 15 heavy (non-hydrogen) atoms. The number of nitrogens with one attached hydrogen (secondary N) is 2. The fourth-order valence-corrected chi connectivity index (χ4v) is 2.26. The van der Waals surface area contributed by atoms with E-state index in [1.165, 1.54) is 30.5 Å². The summed E-state index contributed by atoms with van der Waals surface area (Å²) in [6, 6.07) is 0.482. The van der Waals surface area contributed by atoms with Crippen molar-refractivity contribution in [2.75, 3.05) is 6.54 Å². The van der Waals surface area contributed by atoms with Gasteiger partial charge in [0, 0.05) is 6.04 Å². The Kier molecular flexibility index (Phi) is 2.83. The van der Waals surface area contributed by atoms with E-state index < -0.39 is 0 Å². The summed E-state index contributed by atoms with van der Waals surface area (Å²) in [5.74, 6) is 0.